The van der Waals surface area contributed by atoms with Gasteiger partial charge in [0.05, 0.1) is 23.3 Å². The van der Waals surface area contributed by atoms with Gasteiger partial charge in [-0.05, 0) is 179 Å². The van der Waals surface area contributed by atoms with Crippen LogP contribution in [0.1, 0.15) is 0 Å². The SMILES string of the molecule is [Cu+2].c1ccc(N(c2ccccc2)c2ccc3c(c2)-c2nc-3nc3[n-]c(nc4nc(nc5[n-]c(n2)c2ccc(N(c6ccccc6)c6ccccc6)cc52)-c2ccc(N(c5ccccc5)c5ccccc5)cc2-4)c2ccc(N(c4ccccc4)c4ccccc4)cc32)cc1. The molecule has 15 aromatic rings. The van der Waals surface area contributed by atoms with E-state index in [2.05, 4.69) is 287 Å². The normalized spacial score (nSPS) is 11.4. The molecule has 0 spiro atoms. The molecule has 0 saturated carbocycles. The molecule has 0 aliphatic carbocycles. The van der Waals surface area contributed by atoms with Crippen LogP contribution in [0.15, 0.2) is 315 Å². The maximum atomic E-state index is 5.53. The van der Waals surface area contributed by atoms with Crippen molar-refractivity contribution >= 4 is 112 Å². The van der Waals surface area contributed by atoms with Crippen LogP contribution in [0, 0.1) is 0 Å². The number of anilines is 12. The number of hydrogen-bond donors (Lipinski definition) is 0. The summed E-state index contributed by atoms with van der Waals surface area (Å²) in [5.41, 5.74) is 16.5. The van der Waals surface area contributed by atoms with E-state index in [4.69, 9.17) is 39.9 Å². The third-order valence-electron chi connectivity index (χ3n) is 16.8. The second kappa shape index (κ2) is 23.9. The van der Waals surface area contributed by atoms with Gasteiger partial charge >= 0.3 is 17.1 Å². The molecular weight excluding hydrogens is 1190 g/mol. The van der Waals surface area contributed by atoms with Gasteiger partial charge in [-0.1, -0.05) is 158 Å². The molecular formula is C80H52CuN12. The molecule has 3 aromatic heterocycles. The number of para-hydroxylation sites is 8. The van der Waals surface area contributed by atoms with Crippen molar-refractivity contribution in [3.8, 4) is 45.6 Å². The first-order valence-electron chi connectivity index (χ1n) is 30.5. The predicted molar refractivity (Wildman–Crippen MR) is 373 cm³/mol. The Balaban J connectivity index is 0.00000686. The topological polar surface area (TPSA) is 118 Å². The quantitative estimate of drug-likeness (QED) is 0.108. The van der Waals surface area contributed by atoms with Gasteiger partial charge < -0.3 is 49.5 Å². The number of benzene rings is 12. The fourth-order valence-electron chi connectivity index (χ4n) is 12.6. The standard InChI is InChI=1S/C80H52N12.Cu/c1-9-25-53(26-10-1)89(54-27-11-2-12-28-54)61-41-45-65-69(49-61)77-81-73(65)86-78-71-51-63(91(57-33-17-5-18-34-57)58-35-19-6-20-36-58)43-47-67(71)75(83-78)88-80-72-52-64(92(59-37-21-7-22-38-59)60-39-23-8-24-40-60)44-48-68(72)76(84-80)87-79-70-50-62(42-46-66(70)74(82-79)85-77)90(55-29-13-3-14-30-55)56-31-15-4-16-32-56;/h1-52H;/q-2;+2. The Morgan fingerprint density at radius 2 is 0.398 bits per heavy atom. The summed E-state index contributed by atoms with van der Waals surface area (Å²) in [5, 5.41) is 3.12. The molecule has 0 fully saturated rings. The van der Waals surface area contributed by atoms with E-state index >= 15 is 0 Å². The van der Waals surface area contributed by atoms with Crippen LogP contribution in [0.4, 0.5) is 68.2 Å². The Morgan fingerprint density at radius 3 is 0.656 bits per heavy atom. The van der Waals surface area contributed by atoms with Crippen LogP contribution in [0.2, 0.25) is 0 Å². The van der Waals surface area contributed by atoms with Gasteiger partial charge in [-0.3, -0.25) is 0 Å². The molecule has 1 radical (unpaired) electrons. The molecule has 93 heavy (non-hydrogen) atoms. The molecule has 12 aromatic carbocycles. The van der Waals surface area contributed by atoms with Crippen molar-refractivity contribution in [2.75, 3.05) is 19.6 Å². The van der Waals surface area contributed by atoms with Crippen LogP contribution >= 0.6 is 0 Å². The van der Waals surface area contributed by atoms with E-state index in [0.29, 0.717) is 45.9 Å². The molecule has 0 N–H and O–H groups in total. The fraction of sp³-hybridized carbons (Fsp3) is 0. The van der Waals surface area contributed by atoms with Crippen molar-refractivity contribution in [3.63, 3.8) is 0 Å². The van der Waals surface area contributed by atoms with Gasteiger partial charge in [0.1, 0.15) is 0 Å². The third kappa shape index (κ3) is 10.3. The zero-order valence-corrected chi connectivity index (χ0v) is 50.6. The summed E-state index contributed by atoms with van der Waals surface area (Å²) >= 11 is 0. The maximum Gasteiger partial charge on any atom is 2.00 e. The fourth-order valence-corrected chi connectivity index (χ4v) is 12.6. The van der Waals surface area contributed by atoms with Crippen LogP contribution in [0.25, 0.3) is 89.7 Å². The molecule has 0 atom stereocenters. The maximum absolute atomic E-state index is 5.53. The van der Waals surface area contributed by atoms with E-state index in [1.165, 1.54) is 0 Å². The van der Waals surface area contributed by atoms with Gasteiger partial charge in [0.15, 0.2) is 0 Å². The number of aromatic nitrogens is 8. The molecule has 5 heterocycles. The number of rotatable bonds is 12. The Bertz CT molecular complexity index is 4920. The van der Waals surface area contributed by atoms with Crippen LogP contribution < -0.4 is 29.6 Å². The van der Waals surface area contributed by atoms with Crippen molar-refractivity contribution < 1.29 is 17.1 Å². The second-order valence-corrected chi connectivity index (χ2v) is 22.4. The summed E-state index contributed by atoms with van der Waals surface area (Å²) in [6, 6.07) is 109. The van der Waals surface area contributed by atoms with Gasteiger partial charge in [0, 0.05) is 113 Å². The summed E-state index contributed by atoms with van der Waals surface area (Å²) in [4.78, 5) is 52.8. The molecule has 0 amide bonds. The molecule has 13 heteroatoms. The molecule has 0 unspecified atom stereocenters. The van der Waals surface area contributed by atoms with E-state index in [0.717, 1.165) is 112 Å². The van der Waals surface area contributed by atoms with Crippen molar-refractivity contribution in [2.45, 2.75) is 0 Å². The Labute approximate surface area is 546 Å². The molecule has 443 valence electrons. The van der Waals surface area contributed by atoms with Gasteiger partial charge in [-0.25, -0.2) is 9.97 Å². The second-order valence-electron chi connectivity index (χ2n) is 22.4. The first-order valence-corrected chi connectivity index (χ1v) is 30.5. The van der Waals surface area contributed by atoms with Crippen molar-refractivity contribution in [1.82, 2.24) is 39.9 Å². The minimum atomic E-state index is 0. The van der Waals surface area contributed by atoms with Gasteiger partial charge in [-0.2, -0.15) is 0 Å². The predicted octanol–water partition coefficient (Wildman–Crippen LogP) is 20.0. The Morgan fingerprint density at radius 1 is 0.183 bits per heavy atom. The van der Waals surface area contributed by atoms with Gasteiger partial charge in [-0.15, -0.1) is 0 Å². The van der Waals surface area contributed by atoms with Crippen molar-refractivity contribution in [2.24, 2.45) is 0 Å². The largest absolute Gasteiger partial charge is 2.00 e. The Hall–Kier alpha value is -12.3. The summed E-state index contributed by atoms with van der Waals surface area (Å²) < 4.78 is 0. The monoisotopic (exact) mass is 1240 g/mol. The van der Waals surface area contributed by atoms with Crippen LogP contribution in [0.3, 0.4) is 0 Å². The number of fused-ring (bicyclic) bond motifs is 20. The molecule has 17 rings (SSSR count). The van der Waals surface area contributed by atoms with Gasteiger partial charge in [0.25, 0.3) is 0 Å². The van der Waals surface area contributed by atoms with Crippen LogP contribution in [0.5, 0.6) is 0 Å². The molecule has 2 aliphatic rings. The van der Waals surface area contributed by atoms with Crippen LogP contribution in [-0.2, 0) is 17.1 Å². The van der Waals surface area contributed by atoms with E-state index < -0.39 is 0 Å². The summed E-state index contributed by atoms with van der Waals surface area (Å²) in [5.74, 6) is 1.76. The van der Waals surface area contributed by atoms with Crippen LogP contribution in [-0.4, -0.2) is 29.9 Å². The zero-order chi connectivity index (χ0) is 60.9. The van der Waals surface area contributed by atoms with E-state index in [9.17, 15) is 0 Å². The first kappa shape index (κ1) is 56.0. The summed E-state index contributed by atoms with van der Waals surface area (Å²) in [6.07, 6.45) is 0. The zero-order valence-electron chi connectivity index (χ0n) is 49.7. The number of hydrogen-bond acceptors (Lipinski definition) is 10. The Kier molecular flexibility index (Phi) is 14.4. The minimum absolute atomic E-state index is 0. The van der Waals surface area contributed by atoms with E-state index in [1.54, 1.807) is 0 Å². The third-order valence-corrected chi connectivity index (χ3v) is 16.8. The van der Waals surface area contributed by atoms with Crippen molar-refractivity contribution in [3.05, 3.63) is 315 Å². The first-order chi connectivity index (χ1) is 45.6. The summed E-state index contributed by atoms with van der Waals surface area (Å²) in [7, 11) is 0. The van der Waals surface area contributed by atoms with Crippen molar-refractivity contribution in [1.29, 1.82) is 0 Å². The average Bonchev–Trinajstić information content (AvgIpc) is 1.62. The molecule has 8 bridgehead atoms. The number of nitrogens with zero attached hydrogens (tertiary/aromatic N) is 12. The molecule has 2 aliphatic heterocycles. The smallest absolute Gasteiger partial charge is 0.357 e. The van der Waals surface area contributed by atoms with Gasteiger partial charge in [0.2, 0.25) is 0 Å². The van der Waals surface area contributed by atoms with E-state index in [-0.39, 0.29) is 17.1 Å². The van der Waals surface area contributed by atoms with E-state index in [1.807, 2.05) is 48.5 Å². The average molecular weight is 1240 g/mol. The summed E-state index contributed by atoms with van der Waals surface area (Å²) in [6.45, 7) is 0. The molecule has 0 saturated heterocycles. The molecule has 12 nitrogen and oxygen atoms in total. The minimum Gasteiger partial charge on any atom is -0.357 e.